The van der Waals surface area contributed by atoms with Crippen LogP contribution in [0.15, 0.2) is 107 Å². The summed E-state index contributed by atoms with van der Waals surface area (Å²) in [7, 11) is 1.51. The number of amides is 5. The van der Waals surface area contributed by atoms with Crippen molar-refractivity contribution in [2.24, 2.45) is 5.73 Å². The Balaban J connectivity index is 0.00000104. The fourth-order valence-electron chi connectivity index (χ4n) is 7.25. The number of alkyl halides is 3. The van der Waals surface area contributed by atoms with Crippen molar-refractivity contribution >= 4 is 57.2 Å². The van der Waals surface area contributed by atoms with E-state index in [-0.39, 0.29) is 12.8 Å². The number of hydrogen-bond acceptors (Lipinski definition) is 12. The molecule has 3 aromatic carbocycles. The number of halogens is 3. The van der Waals surface area contributed by atoms with Crippen LogP contribution in [0.4, 0.5) is 23.7 Å². The maximum atomic E-state index is 14.3. The van der Waals surface area contributed by atoms with E-state index in [0.29, 0.717) is 17.0 Å². The van der Waals surface area contributed by atoms with E-state index < -0.39 is 103 Å². The number of aromatic nitrogens is 4. The van der Waals surface area contributed by atoms with Crippen LogP contribution in [0.2, 0.25) is 0 Å². The van der Waals surface area contributed by atoms with Crippen LogP contribution in [-0.2, 0) is 36.8 Å². The number of anilines is 1. The predicted molar refractivity (Wildman–Crippen MR) is 240 cm³/mol. The topological polar surface area (TPSA) is 337 Å². The van der Waals surface area contributed by atoms with Crippen molar-refractivity contribution in [2.75, 3.05) is 25.5 Å². The van der Waals surface area contributed by atoms with Crippen molar-refractivity contribution in [3.05, 3.63) is 129 Å². The number of ether oxygens (including phenoxy) is 2. The highest BCUT2D eigenvalue weighted by Gasteiger charge is 2.44. The first-order valence-electron chi connectivity index (χ1n) is 20.9. The molecule has 0 radical (unpaired) electrons. The number of urea groups is 1. The molecule has 0 bridgehead atoms. The highest BCUT2D eigenvalue weighted by molar-refractivity contribution is 5.96. The molecule has 4 heterocycles. The zero-order valence-corrected chi connectivity index (χ0v) is 36.3. The number of nitrogens with zero attached hydrogens (tertiary/aromatic N) is 1. The van der Waals surface area contributed by atoms with E-state index in [1.165, 1.54) is 7.11 Å². The molecule has 1 aliphatic rings. The van der Waals surface area contributed by atoms with Gasteiger partial charge in [-0.3, -0.25) is 28.7 Å². The zero-order valence-electron chi connectivity index (χ0n) is 36.3. The molecule has 1 saturated heterocycles. The molecule has 366 valence electrons. The summed E-state index contributed by atoms with van der Waals surface area (Å²) in [5.74, 6) is -4.44. The van der Waals surface area contributed by atoms with Crippen molar-refractivity contribution in [3.63, 3.8) is 0 Å². The Morgan fingerprint density at radius 2 is 1.39 bits per heavy atom. The van der Waals surface area contributed by atoms with Crippen molar-refractivity contribution in [3.8, 4) is 5.75 Å². The van der Waals surface area contributed by atoms with Crippen LogP contribution in [0, 0.1) is 0 Å². The number of aliphatic hydroxyl groups excluding tert-OH is 2. The minimum absolute atomic E-state index is 0.0203. The second-order valence-corrected chi connectivity index (χ2v) is 15.5. The molecule has 3 aromatic heterocycles. The van der Waals surface area contributed by atoms with Gasteiger partial charge in [0.1, 0.15) is 36.1 Å². The molecular weight excluding hydrogens is 918 g/mol. The number of aliphatic carboxylic acids is 1. The average Bonchev–Trinajstić information content (AvgIpc) is 4.01. The number of carbonyl (C=O) groups excluding carboxylic acids is 4. The Labute approximate surface area is 387 Å². The van der Waals surface area contributed by atoms with Crippen LogP contribution in [-0.4, -0.2) is 127 Å². The van der Waals surface area contributed by atoms with E-state index in [1.807, 2.05) is 53.5 Å². The number of carbonyl (C=O) groups is 5. The van der Waals surface area contributed by atoms with Gasteiger partial charge in [-0.05, 0) is 53.9 Å². The van der Waals surface area contributed by atoms with Gasteiger partial charge < -0.3 is 67.1 Å². The van der Waals surface area contributed by atoms with Crippen molar-refractivity contribution < 1.29 is 61.9 Å². The van der Waals surface area contributed by atoms with Gasteiger partial charge in [0.25, 0.3) is 5.56 Å². The van der Waals surface area contributed by atoms with Crippen LogP contribution >= 0.6 is 0 Å². The summed E-state index contributed by atoms with van der Waals surface area (Å²) in [4.78, 5) is 96.3. The van der Waals surface area contributed by atoms with Crippen molar-refractivity contribution in [1.82, 2.24) is 40.8 Å². The van der Waals surface area contributed by atoms with Gasteiger partial charge in [0.05, 0.1) is 13.2 Å². The number of nitrogens with one attached hydrogen (secondary N) is 8. The molecule has 0 spiro atoms. The second kappa shape index (κ2) is 22.2. The maximum Gasteiger partial charge on any atom is 0.490 e. The number of fused-ring (bicyclic) bond motifs is 2. The number of H-pyrrole nitrogens is 3. The largest absolute Gasteiger partial charge is 0.497 e. The van der Waals surface area contributed by atoms with Gasteiger partial charge in [-0.25, -0.2) is 14.4 Å². The minimum Gasteiger partial charge on any atom is -0.497 e. The summed E-state index contributed by atoms with van der Waals surface area (Å²) in [5.41, 5.74) is 8.30. The number of aromatic amines is 3. The van der Waals surface area contributed by atoms with Crippen LogP contribution in [0.1, 0.15) is 17.4 Å². The van der Waals surface area contributed by atoms with E-state index >= 15 is 0 Å². The Bertz CT molecular complexity index is 2900. The number of benzene rings is 3. The molecule has 1 fully saturated rings. The molecule has 13 N–H and O–H groups in total. The third-order valence-corrected chi connectivity index (χ3v) is 10.8. The predicted octanol–water partition coefficient (Wildman–Crippen LogP) is 0.481. The molecular formula is C44H47F3N10O12. The highest BCUT2D eigenvalue weighted by atomic mass is 19.4. The van der Waals surface area contributed by atoms with E-state index in [0.717, 1.165) is 44.2 Å². The lowest BCUT2D eigenvalue weighted by atomic mass is 10.0. The van der Waals surface area contributed by atoms with Crippen LogP contribution in [0.25, 0.3) is 21.8 Å². The molecule has 1 aliphatic heterocycles. The van der Waals surface area contributed by atoms with Gasteiger partial charge >= 0.3 is 23.9 Å². The Kier molecular flexibility index (Phi) is 16.2. The molecule has 69 heavy (non-hydrogen) atoms. The third-order valence-electron chi connectivity index (χ3n) is 10.8. The summed E-state index contributed by atoms with van der Waals surface area (Å²) in [5, 5.41) is 43.6. The van der Waals surface area contributed by atoms with Crippen LogP contribution in [0.3, 0.4) is 0 Å². The van der Waals surface area contributed by atoms with Gasteiger partial charge in [-0.2, -0.15) is 13.2 Å². The molecule has 7 rings (SSSR count). The number of aliphatic hydroxyl groups is 2. The first-order valence-corrected chi connectivity index (χ1v) is 20.9. The molecule has 0 saturated carbocycles. The standard InChI is InChI=1S/C42H46N10O10.C2HF3O2/c1-61-25-12-10-24(11-13-25)48-41(59)50-31(17-23-19-45-30-9-5-3-7-27(23)30)39(58)49-32(20-46-37(56)28(43)16-22-18-44-29-8-4-2-6-26(22)29)38(57)47-21-33-35(54)36(55)40(62-33)52-15-14-34(53)51-42(52)60;3-2(4,5)1(6)7/h2-15,18-19,28,31-33,35-36,40,44-45,54-55H,16-17,20-21,43H2,1H3,(H,46,56)(H,47,57)(H,49,58)(H2,48,50,59)(H,51,53,60);(H,6,7)/t28-,31-,32-,33+,35+,36+,40+;/m0./s1. The lowest BCUT2D eigenvalue weighted by Crippen LogP contribution is -2.59. The summed E-state index contributed by atoms with van der Waals surface area (Å²) >= 11 is 0. The molecule has 25 heteroatoms. The smallest absolute Gasteiger partial charge is 0.490 e. The lowest BCUT2D eigenvalue weighted by Gasteiger charge is -2.25. The fourth-order valence-corrected chi connectivity index (χ4v) is 7.25. The van der Waals surface area contributed by atoms with E-state index in [1.54, 1.807) is 36.7 Å². The molecule has 22 nitrogen and oxygen atoms in total. The van der Waals surface area contributed by atoms with Crippen LogP contribution < -0.4 is 48.3 Å². The average molecular weight is 965 g/mol. The Morgan fingerprint density at radius 3 is 1.97 bits per heavy atom. The fraction of sp³-hybridized carbons (Fsp3) is 0.295. The molecule has 0 unspecified atom stereocenters. The number of rotatable bonds is 16. The number of methoxy groups -OCH3 is 1. The number of carboxylic acid groups (broad SMARTS) is 1. The third kappa shape index (κ3) is 12.9. The van der Waals surface area contributed by atoms with Gasteiger partial charge in [0.2, 0.25) is 17.7 Å². The first kappa shape index (κ1) is 50.4. The second-order valence-electron chi connectivity index (χ2n) is 15.5. The summed E-state index contributed by atoms with van der Waals surface area (Å²) < 4.78 is 43.6. The summed E-state index contributed by atoms with van der Waals surface area (Å²) in [6.07, 6.45) is -6.28. The molecule has 0 aliphatic carbocycles. The van der Waals surface area contributed by atoms with Crippen LogP contribution in [0.5, 0.6) is 5.75 Å². The monoisotopic (exact) mass is 964 g/mol. The summed E-state index contributed by atoms with van der Waals surface area (Å²) in [6.45, 7) is -0.880. The number of nitrogens with two attached hydrogens (primary N) is 1. The Hall–Kier alpha value is -8.00. The van der Waals surface area contributed by atoms with E-state index in [4.69, 9.17) is 25.1 Å². The van der Waals surface area contributed by atoms with Gasteiger partial charge in [-0.15, -0.1) is 0 Å². The first-order chi connectivity index (χ1) is 32.8. The lowest BCUT2D eigenvalue weighted by molar-refractivity contribution is -0.192. The minimum atomic E-state index is -5.08. The van der Waals surface area contributed by atoms with Crippen molar-refractivity contribution in [2.45, 2.75) is 61.7 Å². The summed E-state index contributed by atoms with van der Waals surface area (Å²) in [6, 6.07) is 17.9. The van der Waals surface area contributed by atoms with E-state index in [9.17, 15) is 52.2 Å². The highest BCUT2D eigenvalue weighted by Crippen LogP contribution is 2.28. The van der Waals surface area contributed by atoms with Gasteiger partial charge in [-0.1, -0.05) is 36.4 Å². The van der Waals surface area contributed by atoms with Gasteiger partial charge in [0, 0.05) is 71.7 Å². The maximum absolute atomic E-state index is 14.3. The number of hydrogen-bond donors (Lipinski definition) is 12. The number of para-hydroxylation sites is 2. The molecule has 7 atom stereocenters. The van der Waals surface area contributed by atoms with E-state index in [2.05, 4.69) is 36.6 Å². The number of carboxylic acids is 1. The Morgan fingerprint density at radius 1 is 0.797 bits per heavy atom. The molecule has 5 amide bonds. The normalized spacial score (nSPS) is 18.0. The SMILES string of the molecule is COc1ccc(NC(=O)N[C@@H](Cc2c[nH]c3ccccc23)C(=O)N[C@@H](CNC(=O)[C@@H](N)Cc2c[nH]c3ccccc23)C(=O)NC[C@H]2O[C@@H](n3ccc(=O)[nH]c3=O)[C@H](O)[C@@H]2O)cc1.O=C(O)C(F)(F)F. The quantitative estimate of drug-likeness (QED) is 0.0629. The molecule has 6 aromatic rings. The zero-order chi connectivity index (χ0) is 50.0. The van der Waals surface area contributed by atoms with Crippen molar-refractivity contribution in [1.29, 1.82) is 0 Å². The van der Waals surface area contributed by atoms with Gasteiger partial charge in [0.15, 0.2) is 6.23 Å².